The van der Waals surface area contributed by atoms with E-state index in [9.17, 15) is 0 Å². The number of nitrogens with one attached hydrogen (secondary N) is 1. The van der Waals surface area contributed by atoms with Gasteiger partial charge in [0, 0.05) is 19.0 Å². The lowest BCUT2D eigenvalue weighted by Crippen LogP contribution is -2.33. The summed E-state index contributed by atoms with van der Waals surface area (Å²) >= 11 is 0. The summed E-state index contributed by atoms with van der Waals surface area (Å²) in [6.07, 6.45) is 4.96. The first kappa shape index (κ1) is 12.6. The number of aromatic nitrogens is 3. The lowest BCUT2D eigenvalue weighted by Gasteiger charge is -2.24. The van der Waals surface area contributed by atoms with Gasteiger partial charge in [0.2, 0.25) is 0 Å². The maximum Gasteiger partial charge on any atom is 0.149 e. The lowest BCUT2D eigenvalue weighted by molar-refractivity contribution is 0.415. The van der Waals surface area contributed by atoms with Crippen LogP contribution in [0.3, 0.4) is 0 Å². The average Bonchev–Trinajstić information content (AvgIpc) is 2.76. The molecule has 0 fully saturated rings. The molecule has 2 unspecified atom stereocenters. The van der Waals surface area contributed by atoms with Gasteiger partial charge in [-0.05, 0) is 19.8 Å². The average molecular weight is 236 g/mol. The Hall–Kier alpha value is -0.900. The summed E-state index contributed by atoms with van der Waals surface area (Å²) in [5, 5.41) is 12.2. The zero-order valence-corrected chi connectivity index (χ0v) is 11.2. The third kappa shape index (κ3) is 2.51. The third-order valence-electron chi connectivity index (χ3n) is 3.75. The van der Waals surface area contributed by atoms with Crippen LogP contribution in [0.2, 0.25) is 0 Å². The molecule has 0 aliphatic carbocycles. The van der Waals surface area contributed by atoms with Crippen LogP contribution in [-0.2, 0) is 6.54 Å². The Morgan fingerprint density at radius 2 is 2.24 bits per heavy atom. The second kappa shape index (κ2) is 5.63. The van der Waals surface area contributed by atoms with Crippen molar-refractivity contribution in [2.75, 3.05) is 6.54 Å². The van der Waals surface area contributed by atoms with Crippen LogP contribution in [0.1, 0.15) is 70.1 Å². The highest BCUT2D eigenvalue weighted by Gasteiger charge is 2.24. The van der Waals surface area contributed by atoms with Gasteiger partial charge in [-0.25, -0.2) is 0 Å². The standard InChI is InChI=1S/C13H24N4/c1-4-6-7-11(5-2)13-16-15-12-10(3)14-8-9-17(12)13/h10-11,14H,4-9H2,1-3H3. The van der Waals surface area contributed by atoms with E-state index in [1.807, 2.05) is 0 Å². The predicted octanol–water partition coefficient (Wildman–Crippen LogP) is 2.63. The smallest absolute Gasteiger partial charge is 0.149 e. The second-order valence-corrected chi connectivity index (χ2v) is 4.99. The minimum absolute atomic E-state index is 0.341. The van der Waals surface area contributed by atoms with Gasteiger partial charge in [-0.3, -0.25) is 0 Å². The number of unbranched alkanes of at least 4 members (excludes halogenated alkanes) is 1. The molecule has 1 N–H and O–H groups in total. The van der Waals surface area contributed by atoms with Gasteiger partial charge >= 0.3 is 0 Å². The Morgan fingerprint density at radius 3 is 2.94 bits per heavy atom. The highest BCUT2D eigenvalue weighted by molar-refractivity contribution is 5.07. The summed E-state index contributed by atoms with van der Waals surface area (Å²) in [4.78, 5) is 0. The lowest BCUT2D eigenvalue weighted by atomic mass is 9.98. The largest absolute Gasteiger partial charge is 0.312 e. The Bertz CT molecular complexity index is 358. The maximum atomic E-state index is 4.45. The number of fused-ring (bicyclic) bond motifs is 1. The molecule has 1 aromatic heterocycles. The molecule has 0 saturated heterocycles. The molecule has 2 rings (SSSR count). The summed E-state index contributed by atoms with van der Waals surface area (Å²) in [6, 6.07) is 0.341. The fraction of sp³-hybridized carbons (Fsp3) is 0.846. The molecule has 0 amide bonds. The van der Waals surface area contributed by atoms with Gasteiger partial charge < -0.3 is 9.88 Å². The van der Waals surface area contributed by atoms with Crippen molar-refractivity contribution in [1.82, 2.24) is 20.1 Å². The monoisotopic (exact) mass is 236 g/mol. The van der Waals surface area contributed by atoms with Crippen molar-refractivity contribution in [1.29, 1.82) is 0 Å². The topological polar surface area (TPSA) is 42.7 Å². The Labute approximate surface area is 104 Å². The SMILES string of the molecule is CCCCC(CC)c1nnc2n1CCNC2C. The highest BCUT2D eigenvalue weighted by atomic mass is 15.3. The molecule has 1 aliphatic rings. The van der Waals surface area contributed by atoms with Crippen molar-refractivity contribution >= 4 is 0 Å². The van der Waals surface area contributed by atoms with Crippen LogP contribution in [0, 0.1) is 0 Å². The van der Waals surface area contributed by atoms with E-state index in [1.54, 1.807) is 0 Å². The predicted molar refractivity (Wildman–Crippen MR) is 69.0 cm³/mol. The van der Waals surface area contributed by atoms with Gasteiger partial charge in [-0.1, -0.05) is 26.7 Å². The van der Waals surface area contributed by atoms with Crippen molar-refractivity contribution in [3.8, 4) is 0 Å². The molecule has 17 heavy (non-hydrogen) atoms. The highest BCUT2D eigenvalue weighted by Crippen LogP contribution is 2.27. The Balaban J connectivity index is 2.19. The third-order valence-corrected chi connectivity index (χ3v) is 3.75. The minimum Gasteiger partial charge on any atom is -0.312 e. The molecule has 4 nitrogen and oxygen atoms in total. The fourth-order valence-electron chi connectivity index (χ4n) is 2.63. The molecule has 0 aromatic carbocycles. The second-order valence-electron chi connectivity index (χ2n) is 4.99. The molecular formula is C13H24N4. The molecule has 2 atom stereocenters. The molecule has 0 spiro atoms. The van der Waals surface area contributed by atoms with E-state index in [0.717, 1.165) is 18.9 Å². The summed E-state index contributed by atoms with van der Waals surface area (Å²) in [7, 11) is 0. The Kier molecular flexibility index (Phi) is 4.15. The fourth-order valence-corrected chi connectivity index (χ4v) is 2.63. The van der Waals surface area contributed by atoms with E-state index in [-0.39, 0.29) is 0 Å². The molecule has 4 heteroatoms. The van der Waals surface area contributed by atoms with Gasteiger partial charge in [-0.2, -0.15) is 0 Å². The zero-order chi connectivity index (χ0) is 12.3. The quantitative estimate of drug-likeness (QED) is 0.854. The van der Waals surface area contributed by atoms with Crippen molar-refractivity contribution < 1.29 is 0 Å². The van der Waals surface area contributed by atoms with Gasteiger partial charge in [0.1, 0.15) is 11.6 Å². The normalized spacial score (nSPS) is 21.2. The molecule has 0 saturated carbocycles. The van der Waals surface area contributed by atoms with E-state index >= 15 is 0 Å². The zero-order valence-electron chi connectivity index (χ0n) is 11.2. The molecular weight excluding hydrogens is 212 g/mol. The van der Waals surface area contributed by atoms with Crippen LogP contribution in [0.4, 0.5) is 0 Å². The van der Waals surface area contributed by atoms with E-state index in [1.165, 1.54) is 31.5 Å². The van der Waals surface area contributed by atoms with E-state index in [2.05, 4.69) is 40.9 Å². The number of hydrogen-bond donors (Lipinski definition) is 1. The molecule has 2 heterocycles. The molecule has 0 bridgehead atoms. The first-order valence-electron chi connectivity index (χ1n) is 6.94. The first-order valence-corrected chi connectivity index (χ1v) is 6.94. The maximum absolute atomic E-state index is 4.45. The van der Waals surface area contributed by atoms with Crippen LogP contribution >= 0.6 is 0 Å². The van der Waals surface area contributed by atoms with Crippen molar-refractivity contribution in [2.45, 2.75) is 65.0 Å². The van der Waals surface area contributed by atoms with Gasteiger partial charge in [0.25, 0.3) is 0 Å². The van der Waals surface area contributed by atoms with Gasteiger partial charge in [0.05, 0.1) is 6.04 Å². The van der Waals surface area contributed by atoms with E-state index in [4.69, 9.17) is 0 Å². The van der Waals surface area contributed by atoms with Crippen LogP contribution in [0.5, 0.6) is 0 Å². The molecule has 1 aromatic rings. The number of rotatable bonds is 5. The van der Waals surface area contributed by atoms with Gasteiger partial charge in [-0.15, -0.1) is 10.2 Å². The van der Waals surface area contributed by atoms with Crippen LogP contribution in [-0.4, -0.2) is 21.3 Å². The summed E-state index contributed by atoms with van der Waals surface area (Å²) in [5.74, 6) is 2.91. The summed E-state index contributed by atoms with van der Waals surface area (Å²) in [6.45, 7) is 8.72. The molecule has 96 valence electrons. The summed E-state index contributed by atoms with van der Waals surface area (Å²) < 4.78 is 2.34. The van der Waals surface area contributed by atoms with Crippen molar-refractivity contribution in [2.24, 2.45) is 0 Å². The number of hydrogen-bond acceptors (Lipinski definition) is 3. The summed E-state index contributed by atoms with van der Waals surface area (Å²) in [5.41, 5.74) is 0. The van der Waals surface area contributed by atoms with Crippen molar-refractivity contribution in [3.63, 3.8) is 0 Å². The van der Waals surface area contributed by atoms with Gasteiger partial charge in [0.15, 0.2) is 0 Å². The van der Waals surface area contributed by atoms with Crippen molar-refractivity contribution in [3.05, 3.63) is 11.6 Å². The Morgan fingerprint density at radius 1 is 1.41 bits per heavy atom. The van der Waals surface area contributed by atoms with Crippen LogP contribution < -0.4 is 5.32 Å². The number of nitrogens with zero attached hydrogens (tertiary/aromatic N) is 3. The minimum atomic E-state index is 0.341. The van der Waals surface area contributed by atoms with E-state index in [0.29, 0.717) is 12.0 Å². The van der Waals surface area contributed by atoms with Crippen LogP contribution in [0.15, 0.2) is 0 Å². The van der Waals surface area contributed by atoms with Crippen LogP contribution in [0.25, 0.3) is 0 Å². The molecule has 0 radical (unpaired) electrons. The van der Waals surface area contributed by atoms with E-state index < -0.39 is 0 Å². The first-order chi connectivity index (χ1) is 8.27. The molecule has 1 aliphatic heterocycles.